The number of aromatic carboxylic acids is 1. The van der Waals surface area contributed by atoms with Crippen LogP contribution in [0.3, 0.4) is 0 Å². The number of aromatic nitrogens is 1. The minimum Gasteiger partial charge on any atom is -0.478 e. The molecule has 0 spiro atoms. The molecule has 1 aromatic rings. The molecule has 1 aromatic heterocycles. The second-order valence-corrected chi connectivity index (χ2v) is 3.66. The Labute approximate surface area is 81.3 Å². The summed E-state index contributed by atoms with van der Waals surface area (Å²) in [6.07, 6.45) is 2.21. The first-order chi connectivity index (χ1) is 6.68. The molecule has 14 heavy (non-hydrogen) atoms. The van der Waals surface area contributed by atoms with Gasteiger partial charge in [-0.1, -0.05) is 5.16 Å². The highest BCUT2D eigenvalue weighted by Crippen LogP contribution is 2.28. The molecule has 1 atom stereocenters. The number of carboxylic acids is 1. The van der Waals surface area contributed by atoms with Gasteiger partial charge >= 0.3 is 5.97 Å². The summed E-state index contributed by atoms with van der Waals surface area (Å²) in [5, 5.41) is 12.4. The van der Waals surface area contributed by atoms with Crippen LogP contribution in [0.25, 0.3) is 0 Å². The largest absolute Gasteiger partial charge is 0.478 e. The number of hydrogen-bond acceptors (Lipinski definition) is 4. The molecular formula is C9H12N2O3. The van der Waals surface area contributed by atoms with E-state index in [1.165, 1.54) is 6.20 Å². The van der Waals surface area contributed by atoms with Crippen molar-refractivity contribution < 1.29 is 14.4 Å². The van der Waals surface area contributed by atoms with Crippen LogP contribution in [0.15, 0.2) is 10.7 Å². The number of nitrogens with zero attached hydrogens (tertiary/aromatic N) is 2. The lowest BCUT2D eigenvalue weighted by atomic mass is 10.0. The van der Waals surface area contributed by atoms with Gasteiger partial charge in [-0.15, -0.1) is 0 Å². The Balaban J connectivity index is 2.23. The summed E-state index contributed by atoms with van der Waals surface area (Å²) in [6, 6.07) is 0. The van der Waals surface area contributed by atoms with Gasteiger partial charge in [-0.2, -0.15) is 0 Å². The van der Waals surface area contributed by atoms with Crippen molar-refractivity contribution >= 4 is 5.97 Å². The summed E-state index contributed by atoms with van der Waals surface area (Å²) in [5.74, 6) is -0.272. The lowest BCUT2D eigenvalue weighted by molar-refractivity contribution is 0.0693. The fourth-order valence-corrected chi connectivity index (χ4v) is 1.85. The van der Waals surface area contributed by atoms with Gasteiger partial charge in [-0.3, -0.25) is 0 Å². The molecule has 1 aliphatic rings. The first kappa shape index (κ1) is 9.21. The Bertz CT molecular complexity index is 348. The SMILES string of the molecule is CN1CCC(c2oncc2C(=O)O)C1. The lowest BCUT2D eigenvalue weighted by Gasteiger charge is -2.07. The van der Waals surface area contributed by atoms with Gasteiger partial charge in [0.2, 0.25) is 0 Å². The van der Waals surface area contributed by atoms with Crippen molar-refractivity contribution in [2.75, 3.05) is 20.1 Å². The van der Waals surface area contributed by atoms with Gasteiger partial charge in [0.25, 0.3) is 0 Å². The molecule has 1 fully saturated rings. The third kappa shape index (κ3) is 1.50. The molecule has 1 N–H and O–H groups in total. The maximum absolute atomic E-state index is 10.8. The van der Waals surface area contributed by atoms with Gasteiger partial charge in [-0.05, 0) is 20.0 Å². The monoisotopic (exact) mass is 196 g/mol. The summed E-state index contributed by atoms with van der Waals surface area (Å²) < 4.78 is 5.00. The van der Waals surface area contributed by atoms with Crippen LogP contribution in [0.1, 0.15) is 28.5 Å². The van der Waals surface area contributed by atoms with Crippen molar-refractivity contribution in [3.05, 3.63) is 17.5 Å². The van der Waals surface area contributed by atoms with Crippen LogP contribution in [-0.2, 0) is 0 Å². The Kier molecular flexibility index (Phi) is 2.25. The lowest BCUT2D eigenvalue weighted by Crippen LogP contribution is -2.14. The zero-order chi connectivity index (χ0) is 10.1. The molecule has 0 radical (unpaired) electrons. The normalized spacial score (nSPS) is 22.8. The molecule has 0 amide bonds. The van der Waals surface area contributed by atoms with Crippen LogP contribution in [-0.4, -0.2) is 41.3 Å². The van der Waals surface area contributed by atoms with E-state index >= 15 is 0 Å². The van der Waals surface area contributed by atoms with Gasteiger partial charge in [-0.25, -0.2) is 4.79 Å². The van der Waals surface area contributed by atoms with E-state index in [0.29, 0.717) is 5.76 Å². The summed E-state index contributed by atoms with van der Waals surface area (Å²) in [6.45, 7) is 1.82. The highest BCUT2D eigenvalue weighted by atomic mass is 16.5. The summed E-state index contributed by atoms with van der Waals surface area (Å²) >= 11 is 0. The highest BCUT2D eigenvalue weighted by Gasteiger charge is 2.28. The Morgan fingerprint density at radius 1 is 1.79 bits per heavy atom. The van der Waals surface area contributed by atoms with Crippen LogP contribution < -0.4 is 0 Å². The quantitative estimate of drug-likeness (QED) is 0.757. The van der Waals surface area contributed by atoms with Gasteiger partial charge in [0.15, 0.2) is 5.76 Å². The zero-order valence-corrected chi connectivity index (χ0v) is 7.93. The minimum absolute atomic E-state index is 0.175. The second kappa shape index (κ2) is 3.42. The Morgan fingerprint density at radius 2 is 2.57 bits per heavy atom. The van der Waals surface area contributed by atoms with Crippen molar-refractivity contribution in [1.82, 2.24) is 10.1 Å². The number of rotatable bonds is 2. The Morgan fingerprint density at radius 3 is 3.14 bits per heavy atom. The second-order valence-electron chi connectivity index (χ2n) is 3.66. The molecule has 1 unspecified atom stereocenters. The molecule has 0 bridgehead atoms. The minimum atomic E-state index is -0.962. The first-order valence-electron chi connectivity index (χ1n) is 4.55. The van der Waals surface area contributed by atoms with Crippen LogP contribution in [0.2, 0.25) is 0 Å². The topological polar surface area (TPSA) is 66.6 Å². The molecular weight excluding hydrogens is 184 g/mol. The van der Waals surface area contributed by atoms with E-state index < -0.39 is 5.97 Å². The van der Waals surface area contributed by atoms with Gasteiger partial charge in [0, 0.05) is 12.5 Å². The molecule has 2 heterocycles. The molecule has 1 aliphatic heterocycles. The predicted molar refractivity (Wildman–Crippen MR) is 48.3 cm³/mol. The van der Waals surface area contributed by atoms with E-state index in [0.717, 1.165) is 19.5 Å². The summed E-state index contributed by atoms with van der Waals surface area (Å²) in [4.78, 5) is 13.0. The number of carbonyl (C=O) groups is 1. The van der Waals surface area contributed by atoms with Gasteiger partial charge in [0.05, 0.1) is 6.20 Å². The third-order valence-electron chi connectivity index (χ3n) is 2.59. The molecule has 0 saturated carbocycles. The number of likely N-dealkylation sites (tertiary alicyclic amines) is 1. The van der Waals surface area contributed by atoms with Crippen molar-refractivity contribution in [2.45, 2.75) is 12.3 Å². The van der Waals surface area contributed by atoms with E-state index in [1.807, 2.05) is 7.05 Å². The van der Waals surface area contributed by atoms with Crippen molar-refractivity contribution in [1.29, 1.82) is 0 Å². The third-order valence-corrected chi connectivity index (χ3v) is 2.59. The average Bonchev–Trinajstić information content (AvgIpc) is 2.70. The van der Waals surface area contributed by atoms with Crippen molar-refractivity contribution in [3.63, 3.8) is 0 Å². The molecule has 5 heteroatoms. The van der Waals surface area contributed by atoms with Gasteiger partial charge < -0.3 is 14.5 Å². The van der Waals surface area contributed by atoms with E-state index in [9.17, 15) is 4.79 Å². The molecule has 2 rings (SSSR count). The van der Waals surface area contributed by atoms with Crippen molar-refractivity contribution in [2.24, 2.45) is 0 Å². The average molecular weight is 196 g/mol. The number of likely N-dealkylation sites (N-methyl/N-ethyl adjacent to an activating group) is 1. The molecule has 1 saturated heterocycles. The first-order valence-corrected chi connectivity index (χ1v) is 4.55. The van der Waals surface area contributed by atoms with Gasteiger partial charge in [0.1, 0.15) is 5.56 Å². The van der Waals surface area contributed by atoms with Crippen LogP contribution in [0, 0.1) is 0 Å². The van der Waals surface area contributed by atoms with E-state index in [2.05, 4.69) is 10.1 Å². The van der Waals surface area contributed by atoms with E-state index in [4.69, 9.17) is 9.63 Å². The van der Waals surface area contributed by atoms with Crippen LogP contribution in [0.5, 0.6) is 0 Å². The Hall–Kier alpha value is -1.36. The fraction of sp³-hybridized carbons (Fsp3) is 0.556. The van der Waals surface area contributed by atoms with Crippen LogP contribution >= 0.6 is 0 Å². The zero-order valence-electron chi connectivity index (χ0n) is 7.93. The van der Waals surface area contributed by atoms with E-state index in [-0.39, 0.29) is 11.5 Å². The molecule has 5 nitrogen and oxygen atoms in total. The maximum atomic E-state index is 10.8. The molecule has 0 aromatic carbocycles. The molecule has 76 valence electrons. The number of hydrogen-bond donors (Lipinski definition) is 1. The smallest absolute Gasteiger partial charge is 0.340 e. The highest BCUT2D eigenvalue weighted by molar-refractivity contribution is 5.88. The summed E-state index contributed by atoms with van der Waals surface area (Å²) in [7, 11) is 2.01. The fourth-order valence-electron chi connectivity index (χ4n) is 1.85. The summed E-state index contributed by atoms with van der Waals surface area (Å²) in [5.41, 5.74) is 0.199. The maximum Gasteiger partial charge on any atom is 0.340 e. The standard InChI is InChI=1S/C9H12N2O3/c1-11-3-2-6(5-11)8-7(9(12)13)4-10-14-8/h4,6H,2-3,5H2,1H3,(H,12,13). The number of carboxylic acid groups (broad SMARTS) is 1. The van der Waals surface area contributed by atoms with E-state index in [1.54, 1.807) is 0 Å². The molecule has 0 aliphatic carbocycles. The van der Waals surface area contributed by atoms with Crippen LogP contribution in [0.4, 0.5) is 0 Å². The van der Waals surface area contributed by atoms with Crippen molar-refractivity contribution in [3.8, 4) is 0 Å². The predicted octanol–water partition coefficient (Wildman–Crippen LogP) is 0.792.